The van der Waals surface area contributed by atoms with Crippen LogP contribution in [0.5, 0.6) is 0 Å². The lowest BCUT2D eigenvalue weighted by Gasteiger charge is -2.45. The quantitative estimate of drug-likeness (QED) is 0.823. The highest BCUT2D eigenvalue weighted by atomic mass is 32.2. The Balaban J connectivity index is 2.08. The molecule has 2 atom stereocenters. The summed E-state index contributed by atoms with van der Waals surface area (Å²) in [5, 5.41) is 0. The summed E-state index contributed by atoms with van der Waals surface area (Å²) >= 11 is 0. The molecule has 1 aromatic carbocycles. The summed E-state index contributed by atoms with van der Waals surface area (Å²) in [7, 11) is -1.40. The molecule has 22 heavy (non-hydrogen) atoms. The summed E-state index contributed by atoms with van der Waals surface area (Å²) < 4.78 is 28.3. The van der Waals surface area contributed by atoms with E-state index in [1.165, 1.54) is 6.26 Å². The minimum absolute atomic E-state index is 0.371. The summed E-state index contributed by atoms with van der Waals surface area (Å²) in [6.45, 7) is 8.02. The Morgan fingerprint density at radius 2 is 1.68 bits per heavy atom. The highest BCUT2D eigenvalue weighted by Gasteiger charge is 2.29. The smallest absolute Gasteiger partial charge is 0.175 e. The molecular weight excluding hydrogens is 300 g/mol. The van der Waals surface area contributed by atoms with Gasteiger partial charge in [0.2, 0.25) is 0 Å². The number of piperazine rings is 1. The highest BCUT2D eigenvalue weighted by Crippen LogP contribution is 2.23. The van der Waals surface area contributed by atoms with Crippen LogP contribution >= 0.6 is 0 Å². The van der Waals surface area contributed by atoms with Gasteiger partial charge in [0.15, 0.2) is 9.84 Å². The van der Waals surface area contributed by atoms with Gasteiger partial charge >= 0.3 is 0 Å². The van der Waals surface area contributed by atoms with Crippen molar-refractivity contribution in [3.63, 3.8) is 0 Å². The summed E-state index contributed by atoms with van der Waals surface area (Å²) in [5.41, 5.74) is 1.08. The molecule has 5 nitrogen and oxygen atoms in total. The van der Waals surface area contributed by atoms with E-state index in [2.05, 4.69) is 23.6 Å². The van der Waals surface area contributed by atoms with Gasteiger partial charge in [-0.15, -0.1) is 0 Å². The second-order valence-corrected chi connectivity index (χ2v) is 8.12. The van der Waals surface area contributed by atoms with Gasteiger partial charge in [-0.2, -0.15) is 0 Å². The Hall–Kier alpha value is -1.11. The van der Waals surface area contributed by atoms with Gasteiger partial charge in [-0.25, -0.2) is 8.42 Å². The van der Waals surface area contributed by atoms with Crippen molar-refractivity contribution in [3.05, 3.63) is 24.3 Å². The molecule has 6 heteroatoms. The minimum Gasteiger partial charge on any atom is -0.383 e. The van der Waals surface area contributed by atoms with Crippen molar-refractivity contribution in [2.75, 3.05) is 44.5 Å². The molecule has 1 heterocycles. The van der Waals surface area contributed by atoms with Crippen molar-refractivity contribution in [2.24, 2.45) is 0 Å². The first-order chi connectivity index (χ1) is 10.3. The standard InChI is InChI=1S/C16H26N2O3S/c1-13-11-17(12-14(2)18(13)9-10-21-3)15-5-7-16(8-6-15)22(4,19)20/h5-8,13-14H,9-12H2,1-4H3/t13-,14-/m1/s1. The van der Waals surface area contributed by atoms with E-state index >= 15 is 0 Å². The zero-order valence-electron chi connectivity index (χ0n) is 13.8. The van der Waals surface area contributed by atoms with Crippen LogP contribution in [0.3, 0.4) is 0 Å². The molecule has 0 aromatic heterocycles. The summed E-state index contributed by atoms with van der Waals surface area (Å²) in [4.78, 5) is 5.16. The number of hydrogen-bond acceptors (Lipinski definition) is 5. The van der Waals surface area contributed by atoms with Crippen LogP contribution in [0.25, 0.3) is 0 Å². The number of ether oxygens (including phenoxy) is 1. The molecule has 0 radical (unpaired) electrons. The van der Waals surface area contributed by atoms with Crippen molar-refractivity contribution in [2.45, 2.75) is 30.8 Å². The second kappa shape index (κ2) is 6.98. The second-order valence-electron chi connectivity index (χ2n) is 6.10. The molecular formula is C16H26N2O3S. The van der Waals surface area contributed by atoms with Gasteiger partial charge in [-0.05, 0) is 38.1 Å². The van der Waals surface area contributed by atoms with Gasteiger partial charge in [0.25, 0.3) is 0 Å². The molecule has 124 valence electrons. The van der Waals surface area contributed by atoms with E-state index in [0.29, 0.717) is 17.0 Å². The van der Waals surface area contributed by atoms with E-state index in [4.69, 9.17) is 4.74 Å². The van der Waals surface area contributed by atoms with Gasteiger partial charge in [-0.3, -0.25) is 4.90 Å². The highest BCUT2D eigenvalue weighted by molar-refractivity contribution is 7.90. The Morgan fingerprint density at radius 1 is 1.14 bits per heavy atom. The number of sulfone groups is 1. The zero-order chi connectivity index (χ0) is 16.3. The Morgan fingerprint density at radius 3 is 2.14 bits per heavy atom. The average Bonchev–Trinajstić information content (AvgIpc) is 2.45. The molecule has 1 aliphatic rings. The van der Waals surface area contributed by atoms with Crippen LogP contribution in [0.15, 0.2) is 29.2 Å². The Bertz CT molecular complexity index is 574. The summed E-state index contributed by atoms with van der Waals surface area (Å²) in [5.74, 6) is 0. The fourth-order valence-electron chi connectivity index (χ4n) is 3.11. The van der Waals surface area contributed by atoms with Crippen LogP contribution in [-0.4, -0.2) is 65.0 Å². The predicted octanol–water partition coefficient (Wildman–Crippen LogP) is 1.64. The third-order valence-corrected chi connectivity index (χ3v) is 5.41. The normalized spacial score (nSPS) is 23.7. The van der Waals surface area contributed by atoms with Crippen molar-refractivity contribution in [1.29, 1.82) is 0 Å². The van der Waals surface area contributed by atoms with Crippen molar-refractivity contribution in [3.8, 4) is 0 Å². The molecule has 1 fully saturated rings. The average molecular weight is 326 g/mol. The van der Waals surface area contributed by atoms with Crippen LogP contribution in [-0.2, 0) is 14.6 Å². The van der Waals surface area contributed by atoms with E-state index in [9.17, 15) is 8.42 Å². The first-order valence-electron chi connectivity index (χ1n) is 7.62. The number of methoxy groups -OCH3 is 1. The Labute approximate surface area is 133 Å². The van der Waals surface area contributed by atoms with Crippen molar-refractivity contribution < 1.29 is 13.2 Å². The number of anilines is 1. The van der Waals surface area contributed by atoms with Crippen molar-refractivity contribution >= 4 is 15.5 Å². The number of hydrogen-bond donors (Lipinski definition) is 0. The summed E-state index contributed by atoms with van der Waals surface area (Å²) in [6.07, 6.45) is 1.24. The lowest BCUT2D eigenvalue weighted by Crippen LogP contribution is -2.57. The zero-order valence-corrected chi connectivity index (χ0v) is 14.6. The maximum Gasteiger partial charge on any atom is 0.175 e. The molecule has 1 aliphatic heterocycles. The molecule has 1 aromatic rings. The van der Waals surface area contributed by atoms with Crippen molar-refractivity contribution in [1.82, 2.24) is 4.90 Å². The molecule has 0 aliphatic carbocycles. The molecule has 0 spiro atoms. The SMILES string of the molecule is COCCN1[C@H](C)CN(c2ccc(S(C)(=O)=O)cc2)C[C@H]1C. The molecule has 0 amide bonds. The van der Waals surface area contributed by atoms with Gasteiger partial charge in [0.05, 0.1) is 11.5 Å². The number of benzene rings is 1. The van der Waals surface area contributed by atoms with Crippen LogP contribution in [0.2, 0.25) is 0 Å². The molecule has 1 saturated heterocycles. The van der Waals surface area contributed by atoms with Crippen LogP contribution in [0, 0.1) is 0 Å². The van der Waals surface area contributed by atoms with Gasteiger partial charge in [-0.1, -0.05) is 0 Å². The fourth-order valence-corrected chi connectivity index (χ4v) is 3.74. The monoisotopic (exact) mass is 326 g/mol. The van der Waals surface area contributed by atoms with Gasteiger partial charge in [0.1, 0.15) is 0 Å². The molecule has 0 saturated carbocycles. The van der Waals surface area contributed by atoms with E-state index in [1.807, 2.05) is 12.1 Å². The molecule has 2 rings (SSSR count). The minimum atomic E-state index is -3.13. The van der Waals surface area contributed by atoms with Gasteiger partial charge < -0.3 is 9.64 Å². The first-order valence-corrected chi connectivity index (χ1v) is 9.52. The lowest BCUT2D eigenvalue weighted by atomic mass is 10.1. The topological polar surface area (TPSA) is 49.9 Å². The predicted molar refractivity (Wildman–Crippen MR) is 89.3 cm³/mol. The number of rotatable bonds is 5. The van der Waals surface area contributed by atoms with Crippen LogP contribution in [0.1, 0.15) is 13.8 Å². The van der Waals surface area contributed by atoms with E-state index in [-0.39, 0.29) is 0 Å². The lowest BCUT2D eigenvalue weighted by molar-refractivity contribution is 0.0847. The van der Waals surface area contributed by atoms with Crippen LogP contribution in [0.4, 0.5) is 5.69 Å². The fraction of sp³-hybridized carbons (Fsp3) is 0.625. The first kappa shape index (κ1) is 17.2. The maximum absolute atomic E-state index is 11.5. The molecule has 0 bridgehead atoms. The third-order valence-electron chi connectivity index (χ3n) is 4.29. The molecule has 0 N–H and O–H groups in total. The molecule has 0 unspecified atom stereocenters. The van der Waals surface area contributed by atoms with E-state index in [0.717, 1.165) is 31.9 Å². The largest absolute Gasteiger partial charge is 0.383 e. The van der Waals surface area contributed by atoms with E-state index < -0.39 is 9.84 Å². The maximum atomic E-state index is 11.5. The summed E-state index contributed by atoms with van der Waals surface area (Å²) in [6, 6.07) is 8.07. The van der Waals surface area contributed by atoms with Crippen LogP contribution < -0.4 is 4.90 Å². The van der Waals surface area contributed by atoms with Gasteiger partial charge in [0, 0.05) is 50.8 Å². The number of nitrogens with zero attached hydrogens (tertiary/aromatic N) is 2. The Kier molecular flexibility index (Phi) is 5.47. The van der Waals surface area contributed by atoms with E-state index in [1.54, 1.807) is 19.2 Å². The third kappa shape index (κ3) is 4.00.